The molecule has 4 aromatic carbocycles. The van der Waals surface area contributed by atoms with E-state index in [9.17, 15) is 4.79 Å². The number of rotatable bonds is 25. The van der Waals surface area contributed by atoms with Crippen LogP contribution in [0.25, 0.3) is 38.0 Å². The predicted molar refractivity (Wildman–Crippen MR) is 341 cm³/mol. The summed E-state index contributed by atoms with van der Waals surface area (Å²) in [5, 5.41) is 17.0. The predicted octanol–water partition coefficient (Wildman–Crippen LogP) is 20.5. The van der Waals surface area contributed by atoms with Gasteiger partial charge in [-0.05, 0) is 150 Å². The van der Waals surface area contributed by atoms with E-state index in [1.807, 2.05) is 12.1 Å². The molecule has 0 aliphatic heterocycles. The Balaban J connectivity index is 0.000000322. The van der Waals surface area contributed by atoms with Crippen LogP contribution in [0.1, 0.15) is 145 Å². The number of fused-ring (bicyclic) bond motifs is 1. The molecule has 78 heavy (non-hydrogen) atoms. The zero-order chi connectivity index (χ0) is 55.8. The molecule has 6 nitrogen and oxygen atoms in total. The number of unbranched alkanes of at least 4 members (excludes halogenated alkanes) is 6. The maximum Gasteiger partial charge on any atom is 2.00 e. The van der Waals surface area contributed by atoms with Crippen molar-refractivity contribution >= 4 is 90.4 Å². The topological polar surface area (TPSA) is 90.1 Å². The van der Waals surface area contributed by atoms with Crippen molar-refractivity contribution in [2.45, 2.75) is 132 Å². The third-order valence-corrected chi connectivity index (χ3v) is 21.1. The Labute approximate surface area is 498 Å². The van der Waals surface area contributed by atoms with Gasteiger partial charge in [0, 0.05) is 42.8 Å². The number of carbonyl (C=O) groups is 1. The molecule has 0 amide bonds. The zero-order valence-corrected chi connectivity index (χ0v) is 53.8. The number of nitriles is 1. The normalized spacial score (nSPS) is 10.7. The van der Waals surface area contributed by atoms with Crippen LogP contribution in [0.4, 0.5) is 17.1 Å². The van der Waals surface area contributed by atoms with Crippen molar-refractivity contribution in [1.82, 2.24) is 8.75 Å². The minimum atomic E-state index is -1.25. The molecule has 0 aliphatic carbocycles. The molecule has 0 aliphatic rings. The standard InChI is InChI=1S/C32H22N3S2.2C12H27P.C10H4NO2S.Pt/c1-4-23-11-18-28(32-31(23)33-37-34-32)30-20-19-29(36-30)24-9-16-27(17-10-24)35(25-12-5-21(2)6-13-25)26-14-7-22(3)8-15-26;2*1-4-7-10-13(11-8-5-2)12-9-6-3;1-2-8-3-4-9(14-8)5-7(6-11)10(12)13;/h5-20H,2-3H3;2*4-12H2,1-3H3;3-5H,(H,12,13);/q-1;;;-1;+2/b;;;7-5+;. The molecule has 12 heteroatoms. The first-order valence-electron chi connectivity index (χ1n) is 27.6. The van der Waals surface area contributed by atoms with E-state index < -0.39 is 5.97 Å². The number of aryl methyl sites for hydroxylation is 2. The number of benzene rings is 4. The van der Waals surface area contributed by atoms with E-state index >= 15 is 0 Å². The van der Waals surface area contributed by atoms with Crippen LogP contribution in [0.5, 0.6) is 0 Å². The second-order valence-electron chi connectivity index (χ2n) is 19.1. The number of anilines is 3. The van der Waals surface area contributed by atoms with Crippen molar-refractivity contribution in [3.63, 3.8) is 0 Å². The molecule has 0 saturated heterocycles. The smallest absolute Gasteiger partial charge is 0.477 e. The summed E-state index contributed by atoms with van der Waals surface area (Å²) in [5.74, 6) is 3.39. The number of nitrogens with zero attached hydrogens (tertiary/aromatic N) is 4. The number of hydrogen-bond acceptors (Lipinski definition) is 8. The molecular formula is C66H80N4O2P2PtS3. The average molecular weight is 1310 g/mol. The van der Waals surface area contributed by atoms with E-state index in [0.29, 0.717) is 31.2 Å². The van der Waals surface area contributed by atoms with Crippen LogP contribution in [0.2, 0.25) is 0 Å². The van der Waals surface area contributed by atoms with Crippen LogP contribution in [0, 0.1) is 49.9 Å². The van der Waals surface area contributed by atoms with E-state index in [0.717, 1.165) is 38.5 Å². The summed E-state index contributed by atoms with van der Waals surface area (Å²) in [6, 6.07) is 39.1. The van der Waals surface area contributed by atoms with Gasteiger partial charge in [-0.3, -0.25) is 11.8 Å². The molecule has 1 N–H and O–H groups in total. The van der Waals surface area contributed by atoms with Gasteiger partial charge >= 0.3 is 27.0 Å². The fraction of sp³-hybridized carbons (Fsp3) is 0.394. The number of aromatic nitrogens is 2. The van der Waals surface area contributed by atoms with Crippen molar-refractivity contribution in [2.24, 2.45) is 0 Å². The number of carboxylic acids is 1. The summed E-state index contributed by atoms with van der Waals surface area (Å²) < 4.78 is 8.87. The Hall–Kier alpha value is -4.73. The second-order valence-corrected chi connectivity index (χ2v) is 27.2. The van der Waals surface area contributed by atoms with Crippen LogP contribution < -0.4 is 4.90 Å². The SMILES string of the molecule is CCCCP(CCCC)CCCC.CCCCP(CCCC)CCCC.[C-]#Cc1ccc(-c2ccc(-c3ccc(N(c4ccc(C)cc4)c4ccc(C)cc4)cc3)s2)c2nsnc12.[C-]#Cc1ccc(/C=C(\C#N)C(=O)O)s1.[Pt+2]. The third-order valence-electron chi connectivity index (χ3n) is 12.8. The Bertz CT molecular complexity index is 2850. The summed E-state index contributed by atoms with van der Waals surface area (Å²) in [7, 11) is 0.843. The first kappa shape index (κ1) is 67.5. The zero-order valence-electron chi connectivity index (χ0n) is 47.3. The van der Waals surface area contributed by atoms with Gasteiger partial charge in [0.2, 0.25) is 0 Å². The molecule has 0 bridgehead atoms. The van der Waals surface area contributed by atoms with E-state index in [2.05, 4.69) is 166 Å². The van der Waals surface area contributed by atoms with E-state index in [1.165, 1.54) is 128 Å². The number of thiophene rings is 2. The van der Waals surface area contributed by atoms with Crippen LogP contribution in [0.15, 0.2) is 115 Å². The fourth-order valence-electron chi connectivity index (χ4n) is 8.16. The van der Waals surface area contributed by atoms with Gasteiger partial charge in [0.1, 0.15) is 11.6 Å². The van der Waals surface area contributed by atoms with Gasteiger partial charge in [-0.2, -0.15) is 14.0 Å². The first-order valence-corrected chi connectivity index (χ1v) is 33.8. The summed E-state index contributed by atoms with van der Waals surface area (Å²) in [6.45, 7) is 18.1. The van der Waals surface area contributed by atoms with Crippen LogP contribution in [0.3, 0.4) is 0 Å². The molecular weight excluding hydrogens is 1230 g/mol. The monoisotopic (exact) mass is 1310 g/mol. The van der Waals surface area contributed by atoms with Crippen molar-refractivity contribution in [1.29, 1.82) is 5.26 Å². The Kier molecular flexibility index (Phi) is 33.6. The van der Waals surface area contributed by atoms with Crippen molar-refractivity contribution in [3.8, 4) is 38.8 Å². The largest absolute Gasteiger partial charge is 2.00 e. The molecule has 0 radical (unpaired) electrons. The summed E-state index contributed by atoms with van der Waals surface area (Å²) >= 11 is 4.11. The van der Waals surface area contributed by atoms with Crippen LogP contribution in [-0.4, -0.2) is 56.8 Å². The summed E-state index contributed by atoms with van der Waals surface area (Å²) in [5.41, 5.74) is 10.0. The second kappa shape index (κ2) is 38.8. The molecule has 7 rings (SSSR count). The number of aliphatic carboxylic acids is 1. The van der Waals surface area contributed by atoms with Crippen LogP contribution >= 0.6 is 50.2 Å². The van der Waals surface area contributed by atoms with E-state index in [-0.39, 0.29) is 26.6 Å². The molecule has 0 unspecified atom stereocenters. The van der Waals surface area contributed by atoms with Crippen molar-refractivity contribution in [2.75, 3.05) is 41.9 Å². The minimum absolute atomic E-state index is 0. The van der Waals surface area contributed by atoms with E-state index in [1.54, 1.807) is 66.5 Å². The van der Waals surface area contributed by atoms with Crippen LogP contribution in [-0.2, 0) is 25.9 Å². The Morgan fingerprint density at radius 2 is 1.01 bits per heavy atom. The van der Waals surface area contributed by atoms with Crippen molar-refractivity contribution in [3.05, 3.63) is 154 Å². The quantitative estimate of drug-likeness (QED) is 0.0202. The maximum absolute atomic E-state index is 10.5. The van der Waals surface area contributed by atoms with Gasteiger partial charge in [-0.25, -0.2) is 16.1 Å². The number of hydrogen-bond donors (Lipinski definition) is 1. The molecule has 3 heterocycles. The third kappa shape index (κ3) is 22.8. The number of carboxylic acid groups (broad SMARTS) is 1. The summed E-state index contributed by atoms with van der Waals surface area (Å²) in [6.07, 6.45) is 42.0. The van der Waals surface area contributed by atoms with Gasteiger partial charge in [-0.15, -0.1) is 44.9 Å². The average Bonchev–Trinajstić information content (AvgIpc) is 4.31. The first-order chi connectivity index (χ1) is 37.5. The maximum atomic E-state index is 10.5. The van der Waals surface area contributed by atoms with E-state index in [4.69, 9.17) is 23.2 Å². The van der Waals surface area contributed by atoms with Gasteiger partial charge in [0.05, 0.1) is 17.2 Å². The minimum Gasteiger partial charge on any atom is -0.477 e. The fourth-order valence-corrected chi connectivity index (χ4v) is 16.4. The Morgan fingerprint density at radius 1 is 0.577 bits per heavy atom. The Morgan fingerprint density at radius 3 is 1.41 bits per heavy atom. The molecule has 0 spiro atoms. The molecule has 7 aromatic rings. The van der Waals surface area contributed by atoms with Gasteiger partial charge in [0.15, 0.2) is 0 Å². The molecule has 3 aromatic heterocycles. The molecule has 414 valence electrons. The van der Waals surface area contributed by atoms with Gasteiger partial charge in [0.25, 0.3) is 0 Å². The van der Waals surface area contributed by atoms with Crippen molar-refractivity contribution < 1.29 is 31.0 Å². The van der Waals surface area contributed by atoms with Gasteiger partial charge in [-0.1, -0.05) is 145 Å². The molecule has 0 atom stereocenters. The molecule has 0 fully saturated rings. The summed E-state index contributed by atoms with van der Waals surface area (Å²) in [4.78, 5) is 16.3. The molecule has 0 saturated carbocycles. The van der Waals surface area contributed by atoms with Gasteiger partial charge < -0.3 is 22.9 Å².